The van der Waals surface area contributed by atoms with Crippen LogP contribution in [-0.4, -0.2) is 31.9 Å². The van der Waals surface area contributed by atoms with Gasteiger partial charge in [-0.15, -0.1) is 0 Å². The summed E-state index contributed by atoms with van der Waals surface area (Å²) in [4.78, 5) is 46.9. The molecule has 18 rings (SSSR count). The zero-order valence-electron chi connectivity index (χ0n) is 81.7. The summed E-state index contributed by atoms with van der Waals surface area (Å²) in [5, 5.41) is 0. The Morgan fingerprint density at radius 1 is 0.307 bits per heavy atom. The van der Waals surface area contributed by atoms with Gasteiger partial charge in [-0.3, -0.25) is 14.4 Å². The van der Waals surface area contributed by atoms with Gasteiger partial charge in [-0.25, -0.2) is 0 Å². The number of hydrogen-bond acceptors (Lipinski definition) is 11. The van der Waals surface area contributed by atoms with Crippen molar-refractivity contribution < 1.29 is 33.3 Å². The second-order valence-corrected chi connectivity index (χ2v) is 37.3. The van der Waals surface area contributed by atoms with Gasteiger partial charge < -0.3 is 38.5 Å². The predicted molar refractivity (Wildman–Crippen MR) is 577 cm³/mol. The van der Waals surface area contributed by atoms with Crippen LogP contribution in [0.4, 0.5) is 68.2 Å². The molecule has 698 valence electrons. The van der Waals surface area contributed by atoms with Gasteiger partial charge in [-0.2, -0.15) is 0 Å². The van der Waals surface area contributed by atoms with Gasteiger partial charge in [0, 0.05) is 116 Å². The van der Waals surface area contributed by atoms with Crippen LogP contribution in [0.2, 0.25) is 0 Å². The zero-order chi connectivity index (χ0) is 97.2. The normalized spacial score (nSPS) is 12.1. The van der Waals surface area contributed by atoms with Crippen molar-refractivity contribution in [3.63, 3.8) is 0 Å². The van der Waals surface area contributed by atoms with E-state index in [0.29, 0.717) is 22.6 Å². The molecule has 0 N–H and O–H groups in total. The summed E-state index contributed by atoms with van der Waals surface area (Å²) in [5.41, 5.74) is 33.2. The van der Waals surface area contributed by atoms with Gasteiger partial charge in [0.05, 0.1) is 14.2 Å². The third kappa shape index (κ3) is 22.7. The van der Waals surface area contributed by atoms with Gasteiger partial charge in [-0.05, 0) is 350 Å². The minimum absolute atomic E-state index is 0.0312. The van der Waals surface area contributed by atoms with Gasteiger partial charge in [0.15, 0.2) is 5.78 Å². The second kappa shape index (κ2) is 43.9. The van der Waals surface area contributed by atoms with E-state index in [1.165, 1.54) is 81.5 Å². The lowest BCUT2D eigenvalue weighted by molar-refractivity contribution is -0.132. The highest BCUT2D eigenvalue weighted by Crippen LogP contribution is 2.50. The minimum atomic E-state index is -0.364. The highest BCUT2D eigenvalue weighted by molar-refractivity contribution is 6.09. The van der Waals surface area contributed by atoms with E-state index in [2.05, 4.69) is 365 Å². The number of rotatable bonds is 32. The maximum absolute atomic E-state index is 13.8. The maximum Gasteiger partial charge on any atom is 0.308 e. The number of benzene rings is 17. The summed E-state index contributed by atoms with van der Waals surface area (Å²) in [6.45, 7) is 20.3. The van der Waals surface area contributed by atoms with Gasteiger partial charge in [0.1, 0.15) is 23.0 Å². The van der Waals surface area contributed by atoms with Crippen LogP contribution in [0, 0.1) is 27.7 Å². The first-order valence-electron chi connectivity index (χ1n) is 48.5. The lowest BCUT2D eigenvalue weighted by Gasteiger charge is -2.39. The molecule has 0 radical (unpaired) electrons. The molecule has 0 aliphatic heterocycles. The summed E-state index contributed by atoms with van der Waals surface area (Å²) in [6, 6.07) is 144. The van der Waals surface area contributed by atoms with Crippen LogP contribution < -0.4 is 38.5 Å². The largest absolute Gasteiger partial charge is 0.497 e. The number of ketones is 1. The van der Waals surface area contributed by atoms with E-state index in [1.54, 1.807) is 14.2 Å². The SMILES string of the molecule is C=C(c1ccc(N(c2cccc(C)c2)c2cccc(C)c2)cc1)c1cc(C2(c3ccc(OC)c(Cc4ccc(N(c5ccc(C)cc5)c5cccc(C)c5)cc4)c3)CCCCC2)ccc1OC(C)=O.COc1ccc(N(c2ccccc2)c2ccc(CCc3ccc(CCc4ccc(N(c5ccccc5)c5ccc(C(=O)c6ccc(C(C)(C)c7ccc(OC(C)=O)cc7)cc6)cc5)cc4)cc3)cc2)cc1. The van der Waals surface area contributed by atoms with Crippen LogP contribution >= 0.6 is 0 Å². The quantitative estimate of drug-likeness (QED) is 0.0229. The number of para-hydroxylation sites is 2. The predicted octanol–water partition coefficient (Wildman–Crippen LogP) is 32.4. The molecule has 0 spiro atoms. The second-order valence-electron chi connectivity index (χ2n) is 37.3. The van der Waals surface area contributed by atoms with Crippen molar-refractivity contribution in [3.8, 4) is 23.0 Å². The van der Waals surface area contributed by atoms with Crippen LogP contribution in [0.3, 0.4) is 0 Å². The van der Waals surface area contributed by atoms with Gasteiger partial charge in [-0.1, -0.05) is 258 Å². The van der Waals surface area contributed by atoms with Crippen molar-refractivity contribution in [2.24, 2.45) is 0 Å². The third-order valence-corrected chi connectivity index (χ3v) is 27.1. The molecule has 11 nitrogen and oxygen atoms in total. The molecule has 140 heavy (non-hydrogen) atoms. The number of anilines is 12. The summed E-state index contributed by atoms with van der Waals surface area (Å²) in [7, 11) is 3.46. The third-order valence-electron chi connectivity index (χ3n) is 27.1. The first kappa shape index (κ1) is 95.6. The monoisotopic (exact) mass is 1840 g/mol. The van der Waals surface area contributed by atoms with Crippen molar-refractivity contribution in [1.29, 1.82) is 0 Å². The van der Waals surface area contributed by atoms with Crippen molar-refractivity contribution in [1.82, 2.24) is 0 Å². The average molecular weight is 1840 g/mol. The molecule has 0 amide bonds. The minimum Gasteiger partial charge on any atom is -0.497 e. The summed E-state index contributed by atoms with van der Waals surface area (Å²) in [5.74, 6) is 2.00. The Labute approximate surface area is 825 Å². The fraction of sp³-hybridized carbons (Fsp3) is 0.171. The molecule has 1 aliphatic carbocycles. The van der Waals surface area contributed by atoms with E-state index in [0.717, 1.165) is 171 Å². The highest BCUT2D eigenvalue weighted by atomic mass is 16.5. The Morgan fingerprint density at radius 2 is 0.643 bits per heavy atom. The Balaban J connectivity index is 0.000000193. The zero-order valence-corrected chi connectivity index (χ0v) is 81.7. The molecule has 0 unspecified atom stereocenters. The number of carbonyl (C=O) groups is 3. The van der Waals surface area contributed by atoms with Crippen LogP contribution in [0.15, 0.2) is 419 Å². The summed E-state index contributed by atoms with van der Waals surface area (Å²) < 4.78 is 22.6. The fourth-order valence-electron chi connectivity index (χ4n) is 19.4. The van der Waals surface area contributed by atoms with Gasteiger partial charge in [0.25, 0.3) is 0 Å². The molecule has 1 fully saturated rings. The van der Waals surface area contributed by atoms with E-state index < -0.39 is 0 Å². The molecule has 0 aromatic heterocycles. The van der Waals surface area contributed by atoms with Crippen LogP contribution in [0.25, 0.3) is 5.57 Å². The Morgan fingerprint density at radius 3 is 1.06 bits per heavy atom. The van der Waals surface area contributed by atoms with Gasteiger partial charge in [0.2, 0.25) is 0 Å². The molecular weight excluding hydrogens is 1720 g/mol. The standard InChI is InChI=1S/C65H58N2O4.C64H62N2O3/c1-47(68)71-63-43-33-55(34-44-63)65(2,3)54-31-27-52(28-32-54)64(69)53-29-39-60(40-30-53)66(56-11-7-5-8-12-56)58-35-23-50(24-36-58)21-19-48-15-17-49(18-16-48)20-22-51-25-37-59(38-26-51)67(57-13-9-6-10-14-57)61-41-45-62(70-4)46-42-61;1-44-20-28-55(29-21-44)65(58-17-11-14-45(2)38-58)56-30-22-50(23-31-56)41-52-42-53(26-34-62(52)68-7)64(36-9-8-10-37-64)54-27-35-63(69-49(6)67)61(43-54)48(5)51-24-32-57(33-25-51)66(59-18-12-15-46(3)39-59)60-19-13-16-47(4)40-60/h5-18,23-46H,19-22H2,1-4H3;11-35,38-40,42-43H,5,8-10,36-37,41H2,1-4,6-7H3. The van der Waals surface area contributed by atoms with Crippen molar-refractivity contribution in [2.45, 2.75) is 130 Å². The maximum atomic E-state index is 13.8. The average Bonchev–Trinajstić information content (AvgIpc) is 0.750. The number of esters is 2. The smallest absolute Gasteiger partial charge is 0.308 e. The van der Waals surface area contributed by atoms with E-state index in [1.807, 2.05) is 115 Å². The molecule has 0 bridgehead atoms. The fourth-order valence-corrected chi connectivity index (χ4v) is 19.4. The highest BCUT2D eigenvalue weighted by Gasteiger charge is 2.38. The van der Waals surface area contributed by atoms with Crippen molar-refractivity contribution in [3.05, 3.63) is 519 Å². The number of methoxy groups -OCH3 is 2. The number of carbonyl (C=O) groups excluding carboxylic acids is 3. The van der Waals surface area contributed by atoms with Crippen LogP contribution in [0.5, 0.6) is 23.0 Å². The molecule has 1 aliphatic rings. The Bertz CT molecular complexity index is 7080. The molecule has 0 atom stereocenters. The molecular formula is C129H120N4O7. The number of ether oxygens (including phenoxy) is 4. The summed E-state index contributed by atoms with van der Waals surface area (Å²) in [6.07, 6.45) is 9.99. The first-order valence-corrected chi connectivity index (χ1v) is 48.5. The molecule has 17 aromatic rings. The Hall–Kier alpha value is -16.1. The van der Waals surface area contributed by atoms with Crippen LogP contribution in [-0.2, 0) is 52.5 Å². The first-order chi connectivity index (χ1) is 68.1. The van der Waals surface area contributed by atoms with Crippen LogP contribution in [0.1, 0.15) is 165 Å². The topological polar surface area (TPSA) is 101 Å². The lowest BCUT2D eigenvalue weighted by Crippen LogP contribution is -2.31. The molecule has 11 heteroatoms. The van der Waals surface area contributed by atoms with E-state index >= 15 is 0 Å². The summed E-state index contributed by atoms with van der Waals surface area (Å²) >= 11 is 0. The Kier molecular flexibility index (Phi) is 30.0. The molecule has 1 saturated carbocycles. The number of aryl methyl sites for hydroxylation is 8. The van der Waals surface area contributed by atoms with Crippen molar-refractivity contribution >= 4 is 91.5 Å². The van der Waals surface area contributed by atoms with Gasteiger partial charge >= 0.3 is 11.9 Å². The van der Waals surface area contributed by atoms with Crippen molar-refractivity contribution in [2.75, 3.05) is 33.8 Å². The molecule has 17 aromatic carbocycles. The number of nitrogens with zero attached hydrogens (tertiary/aromatic N) is 4. The molecule has 0 heterocycles. The molecule has 0 saturated heterocycles. The lowest BCUT2D eigenvalue weighted by atomic mass is 9.64. The number of hydrogen-bond donors (Lipinski definition) is 0. The van der Waals surface area contributed by atoms with E-state index in [-0.39, 0.29) is 28.6 Å². The van der Waals surface area contributed by atoms with E-state index in [4.69, 9.17) is 18.9 Å². The van der Waals surface area contributed by atoms with E-state index in [9.17, 15) is 14.4 Å².